The summed E-state index contributed by atoms with van der Waals surface area (Å²) in [5.74, 6) is -0.0120. The monoisotopic (exact) mass is 406 g/mol. The Hall–Kier alpha value is -2.88. The van der Waals surface area contributed by atoms with Crippen LogP contribution >= 0.6 is 11.8 Å². The number of nitrogens with zero attached hydrogens (tertiary/aromatic N) is 2. The van der Waals surface area contributed by atoms with E-state index >= 15 is 0 Å². The van der Waals surface area contributed by atoms with Gasteiger partial charge in [-0.05, 0) is 25.0 Å². The molecule has 2 N–H and O–H groups in total. The van der Waals surface area contributed by atoms with E-state index in [4.69, 9.17) is 9.26 Å². The van der Waals surface area contributed by atoms with Crippen molar-refractivity contribution in [2.24, 2.45) is 5.92 Å². The van der Waals surface area contributed by atoms with Crippen LogP contribution in [-0.2, 0) is 15.3 Å². The van der Waals surface area contributed by atoms with Gasteiger partial charge in [-0.2, -0.15) is 0 Å². The second kappa shape index (κ2) is 10.5. The lowest BCUT2D eigenvalue weighted by molar-refractivity contribution is -0.123. The van der Waals surface area contributed by atoms with E-state index in [2.05, 4.69) is 20.8 Å². The highest BCUT2D eigenvalue weighted by Crippen LogP contribution is 2.24. The Balaban J connectivity index is 1.86. The van der Waals surface area contributed by atoms with Crippen LogP contribution in [0.15, 0.2) is 33.9 Å². The summed E-state index contributed by atoms with van der Waals surface area (Å²) in [4.78, 5) is 39.8. The van der Waals surface area contributed by atoms with Gasteiger partial charge in [-0.25, -0.2) is 14.6 Å². The minimum atomic E-state index is -0.717. The molecule has 0 fully saturated rings. The predicted molar refractivity (Wildman–Crippen MR) is 102 cm³/mol. The number of nitrogens with one attached hydrogen (secondary N) is 2. The zero-order valence-electron chi connectivity index (χ0n) is 15.9. The number of thioether (sulfide) groups is 1. The molecule has 10 heteroatoms. The Morgan fingerprint density at radius 3 is 2.79 bits per heavy atom. The first-order valence-corrected chi connectivity index (χ1v) is 9.58. The SMILES string of the molecule is Cc1cc(CSc2ncccc2C(=O)OCC(=O)NC(=O)NCC(C)C)no1. The van der Waals surface area contributed by atoms with Crippen molar-refractivity contribution in [2.45, 2.75) is 31.6 Å². The summed E-state index contributed by atoms with van der Waals surface area (Å²) >= 11 is 1.30. The molecule has 0 atom stereocenters. The molecule has 0 bridgehead atoms. The van der Waals surface area contributed by atoms with Crippen LogP contribution in [0.5, 0.6) is 0 Å². The highest BCUT2D eigenvalue weighted by Gasteiger charge is 2.17. The van der Waals surface area contributed by atoms with Gasteiger partial charge in [0.2, 0.25) is 0 Å². The zero-order valence-corrected chi connectivity index (χ0v) is 16.7. The summed E-state index contributed by atoms with van der Waals surface area (Å²) < 4.78 is 10.00. The van der Waals surface area contributed by atoms with Crippen molar-refractivity contribution in [3.8, 4) is 0 Å². The molecule has 2 heterocycles. The van der Waals surface area contributed by atoms with Crippen LogP contribution in [0.3, 0.4) is 0 Å². The minimum Gasteiger partial charge on any atom is -0.452 e. The Bertz CT molecular complexity index is 837. The number of rotatable bonds is 8. The van der Waals surface area contributed by atoms with Crippen LogP contribution < -0.4 is 10.6 Å². The van der Waals surface area contributed by atoms with E-state index in [0.29, 0.717) is 23.1 Å². The van der Waals surface area contributed by atoms with Crippen LogP contribution in [0.25, 0.3) is 0 Å². The zero-order chi connectivity index (χ0) is 20.5. The Morgan fingerprint density at radius 1 is 1.32 bits per heavy atom. The second-order valence-corrected chi connectivity index (χ2v) is 7.27. The summed E-state index contributed by atoms with van der Waals surface area (Å²) in [6, 6.07) is 4.32. The van der Waals surface area contributed by atoms with Gasteiger partial charge in [0.05, 0.1) is 11.3 Å². The van der Waals surface area contributed by atoms with Crippen LogP contribution in [0.4, 0.5) is 4.79 Å². The lowest BCUT2D eigenvalue weighted by atomic mass is 10.2. The van der Waals surface area contributed by atoms with Crippen molar-refractivity contribution in [1.29, 1.82) is 0 Å². The van der Waals surface area contributed by atoms with Crippen molar-refractivity contribution in [3.05, 3.63) is 41.4 Å². The van der Waals surface area contributed by atoms with Gasteiger partial charge in [0.15, 0.2) is 6.61 Å². The summed E-state index contributed by atoms with van der Waals surface area (Å²) in [6.45, 7) is 5.50. The maximum Gasteiger partial charge on any atom is 0.341 e. The van der Waals surface area contributed by atoms with Crippen LogP contribution in [0.2, 0.25) is 0 Å². The maximum atomic E-state index is 12.3. The largest absolute Gasteiger partial charge is 0.452 e. The van der Waals surface area contributed by atoms with E-state index in [1.54, 1.807) is 31.3 Å². The molecule has 9 nitrogen and oxygen atoms in total. The molecular weight excluding hydrogens is 384 g/mol. The smallest absolute Gasteiger partial charge is 0.341 e. The van der Waals surface area contributed by atoms with E-state index in [1.165, 1.54) is 11.8 Å². The topological polar surface area (TPSA) is 123 Å². The van der Waals surface area contributed by atoms with E-state index < -0.39 is 24.5 Å². The van der Waals surface area contributed by atoms with Crippen molar-refractivity contribution in [2.75, 3.05) is 13.2 Å². The fourth-order valence-electron chi connectivity index (χ4n) is 2.00. The lowest BCUT2D eigenvalue weighted by Crippen LogP contribution is -2.42. The average Bonchev–Trinajstić information content (AvgIpc) is 3.08. The van der Waals surface area contributed by atoms with Crippen molar-refractivity contribution in [3.63, 3.8) is 0 Å². The van der Waals surface area contributed by atoms with Gasteiger partial charge in [0.1, 0.15) is 10.8 Å². The van der Waals surface area contributed by atoms with E-state index in [-0.39, 0.29) is 11.5 Å². The number of urea groups is 1. The molecule has 3 amide bonds. The summed E-state index contributed by atoms with van der Waals surface area (Å²) in [5.41, 5.74) is 0.948. The standard InChI is InChI=1S/C18H22N4O5S/c1-11(2)8-20-18(25)21-15(23)9-26-17(24)14-5-4-6-19-16(14)28-10-13-7-12(3)27-22-13/h4-7,11H,8-10H2,1-3H3,(H2,20,21,23,25). The number of carbonyl (C=O) groups excluding carboxylic acids is 3. The third-order valence-electron chi connectivity index (χ3n) is 3.28. The van der Waals surface area contributed by atoms with Crippen LogP contribution in [0.1, 0.15) is 35.7 Å². The van der Waals surface area contributed by atoms with Crippen LogP contribution in [0, 0.1) is 12.8 Å². The first-order chi connectivity index (χ1) is 13.3. The molecule has 0 aromatic carbocycles. The van der Waals surface area contributed by atoms with Crippen LogP contribution in [-0.4, -0.2) is 41.2 Å². The fraction of sp³-hybridized carbons (Fsp3) is 0.389. The minimum absolute atomic E-state index is 0.227. The number of carbonyl (C=O) groups is 3. The average molecular weight is 406 g/mol. The number of imide groups is 1. The predicted octanol–water partition coefficient (Wildman–Crippen LogP) is 2.31. The molecule has 0 saturated carbocycles. The van der Waals surface area contributed by atoms with Gasteiger partial charge in [0.25, 0.3) is 5.91 Å². The van der Waals surface area contributed by atoms with Crippen molar-refractivity contribution < 1.29 is 23.6 Å². The number of esters is 1. The van der Waals surface area contributed by atoms with Gasteiger partial charge in [-0.3, -0.25) is 10.1 Å². The van der Waals surface area contributed by atoms with E-state index in [1.807, 2.05) is 13.8 Å². The number of aryl methyl sites for hydroxylation is 1. The van der Waals surface area contributed by atoms with Crippen molar-refractivity contribution in [1.82, 2.24) is 20.8 Å². The third-order valence-corrected chi connectivity index (χ3v) is 4.32. The summed E-state index contributed by atoms with van der Waals surface area (Å²) in [5, 5.41) is 8.97. The number of pyridine rings is 1. The number of hydrogen-bond acceptors (Lipinski definition) is 8. The number of hydrogen-bond donors (Lipinski definition) is 2. The summed E-state index contributed by atoms with van der Waals surface area (Å²) in [7, 11) is 0. The highest BCUT2D eigenvalue weighted by molar-refractivity contribution is 7.98. The molecular formula is C18H22N4O5S. The first kappa shape index (κ1) is 21.4. The van der Waals surface area contributed by atoms with Gasteiger partial charge in [-0.1, -0.05) is 30.8 Å². The first-order valence-electron chi connectivity index (χ1n) is 8.60. The number of amides is 3. The second-order valence-electron chi connectivity index (χ2n) is 6.30. The quantitative estimate of drug-likeness (QED) is 0.506. The molecule has 0 unspecified atom stereocenters. The Morgan fingerprint density at radius 2 is 2.11 bits per heavy atom. The van der Waals surface area contributed by atoms with Gasteiger partial charge in [0, 0.05) is 24.6 Å². The van der Waals surface area contributed by atoms with Crippen molar-refractivity contribution >= 4 is 29.7 Å². The summed E-state index contributed by atoms with van der Waals surface area (Å²) in [6.07, 6.45) is 1.55. The highest BCUT2D eigenvalue weighted by atomic mass is 32.2. The fourth-order valence-corrected chi connectivity index (χ4v) is 2.86. The molecule has 0 aliphatic heterocycles. The molecule has 28 heavy (non-hydrogen) atoms. The van der Waals surface area contributed by atoms with Gasteiger partial charge in [-0.15, -0.1) is 0 Å². The molecule has 150 valence electrons. The number of ether oxygens (including phenoxy) is 1. The number of aromatic nitrogens is 2. The third kappa shape index (κ3) is 7.03. The molecule has 2 aromatic heterocycles. The molecule has 0 radical (unpaired) electrons. The lowest BCUT2D eigenvalue weighted by Gasteiger charge is -2.10. The Kier molecular flexibility index (Phi) is 8.00. The molecule has 0 aliphatic rings. The van der Waals surface area contributed by atoms with Gasteiger partial charge < -0.3 is 14.6 Å². The van der Waals surface area contributed by atoms with E-state index in [0.717, 1.165) is 5.69 Å². The maximum absolute atomic E-state index is 12.3. The molecule has 0 aliphatic carbocycles. The van der Waals surface area contributed by atoms with Gasteiger partial charge >= 0.3 is 12.0 Å². The Labute approximate surface area is 166 Å². The van der Waals surface area contributed by atoms with E-state index in [9.17, 15) is 14.4 Å². The molecule has 0 saturated heterocycles. The normalized spacial score (nSPS) is 10.6. The molecule has 2 aromatic rings. The molecule has 0 spiro atoms. The molecule has 2 rings (SSSR count).